The highest BCUT2D eigenvalue weighted by Crippen LogP contribution is 1.92. The van der Waals surface area contributed by atoms with E-state index in [2.05, 4.69) is 10.6 Å². The largest absolute Gasteiger partial charge is 0.380 e. The molecule has 14 heavy (non-hydrogen) atoms. The van der Waals surface area contributed by atoms with Crippen LogP contribution < -0.4 is 10.6 Å². The molecule has 0 bridgehead atoms. The van der Waals surface area contributed by atoms with E-state index in [-0.39, 0.29) is 11.9 Å². The minimum atomic E-state index is -0.203. The number of carbonyl (C=O) groups is 1. The molecule has 0 saturated carbocycles. The highest BCUT2D eigenvalue weighted by molar-refractivity contribution is 5.81. The van der Waals surface area contributed by atoms with Crippen LogP contribution in [0, 0.1) is 0 Å². The van der Waals surface area contributed by atoms with Gasteiger partial charge < -0.3 is 20.1 Å². The minimum Gasteiger partial charge on any atom is -0.380 e. The highest BCUT2D eigenvalue weighted by atomic mass is 16.5. The van der Waals surface area contributed by atoms with Crippen LogP contribution in [-0.4, -0.2) is 51.5 Å². The van der Waals surface area contributed by atoms with Crippen LogP contribution in [0.25, 0.3) is 0 Å². The molecule has 82 valence electrons. The zero-order chi connectivity index (χ0) is 10.2. The number of nitrogens with one attached hydrogen (secondary N) is 2. The van der Waals surface area contributed by atoms with E-state index in [0.29, 0.717) is 33.0 Å². The molecule has 1 aliphatic rings. The first kappa shape index (κ1) is 11.4. The Morgan fingerprint density at radius 1 is 1.71 bits per heavy atom. The first-order chi connectivity index (χ1) is 6.84. The standard InChI is InChI=1S/C9H18N2O3/c1-2-13-5-4-11-9(12)8-7-14-6-3-10-8/h8,10H,2-7H2,1H3,(H,11,12). The molecule has 1 saturated heterocycles. The van der Waals surface area contributed by atoms with Gasteiger partial charge in [0.05, 0.1) is 19.8 Å². The predicted molar refractivity (Wildman–Crippen MR) is 52.1 cm³/mol. The van der Waals surface area contributed by atoms with Crippen LogP contribution in [0.4, 0.5) is 0 Å². The fourth-order valence-electron chi connectivity index (χ4n) is 1.25. The molecule has 1 atom stereocenters. The molecule has 0 radical (unpaired) electrons. The second-order valence-corrected chi connectivity index (χ2v) is 3.07. The Morgan fingerprint density at radius 2 is 2.57 bits per heavy atom. The number of morpholine rings is 1. The molecule has 2 N–H and O–H groups in total. The van der Waals surface area contributed by atoms with Crippen molar-refractivity contribution in [1.29, 1.82) is 0 Å². The van der Waals surface area contributed by atoms with E-state index in [9.17, 15) is 4.79 Å². The Labute approximate surface area is 84.1 Å². The maximum atomic E-state index is 11.5. The molecule has 1 aliphatic heterocycles. The summed E-state index contributed by atoms with van der Waals surface area (Å²) < 4.78 is 10.3. The third-order valence-electron chi connectivity index (χ3n) is 1.99. The van der Waals surface area contributed by atoms with E-state index in [4.69, 9.17) is 9.47 Å². The molecule has 0 spiro atoms. The summed E-state index contributed by atoms with van der Waals surface area (Å²) in [5.74, 6) is -0.00981. The molecule has 1 rings (SSSR count). The zero-order valence-electron chi connectivity index (χ0n) is 8.54. The molecule has 1 unspecified atom stereocenters. The molecule has 0 aromatic heterocycles. The van der Waals surface area contributed by atoms with Crippen LogP contribution in [0.3, 0.4) is 0 Å². The summed E-state index contributed by atoms with van der Waals surface area (Å²) in [6, 6.07) is -0.203. The molecule has 5 nitrogen and oxygen atoms in total. The van der Waals surface area contributed by atoms with Gasteiger partial charge in [-0.1, -0.05) is 0 Å². The van der Waals surface area contributed by atoms with Crippen LogP contribution in [0.2, 0.25) is 0 Å². The summed E-state index contributed by atoms with van der Waals surface area (Å²) in [6.45, 7) is 5.62. The van der Waals surface area contributed by atoms with E-state index in [1.54, 1.807) is 0 Å². The van der Waals surface area contributed by atoms with Gasteiger partial charge in [-0.15, -0.1) is 0 Å². The van der Waals surface area contributed by atoms with Gasteiger partial charge in [0.1, 0.15) is 6.04 Å². The molecule has 1 fully saturated rings. The van der Waals surface area contributed by atoms with Gasteiger partial charge in [-0.05, 0) is 6.92 Å². The summed E-state index contributed by atoms with van der Waals surface area (Å²) in [6.07, 6.45) is 0. The summed E-state index contributed by atoms with van der Waals surface area (Å²) in [5, 5.41) is 5.86. The Morgan fingerprint density at radius 3 is 3.21 bits per heavy atom. The summed E-state index contributed by atoms with van der Waals surface area (Å²) >= 11 is 0. The van der Waals surface area contributed by atoms with Gasteiger partial charge in [0.15, 0.2) is 0 Å². The van der Waals surface area contributed by atoms with E-state index in [1.165, 1.54) is 0 Å². The Balaban J connectivity index is 2.07. The monoisotopic (exact) mass is 202 g/mol. The van der Waals surface area contributed by atoms with Crippen molar-refractivity contribution in [2.45, 2.75) is 13.0 Å². The lowest BCUT2D eigenvalue weighted by Crippen LogP contribution is -2.51. The number of rotatable bonds is 5. The normalized spacial score (nSPS) is 21.9. The van der Waals surface area contributed by atoms with Crippen LogP contribution >= 0.6 is 0 Å². The van der Waals surface area contributed by atoms with Crippen molar-refractivity contribution in [2.75, 3.05) is 39.5 Å². The van der Waals surface area contributed by atoms with E-state index in [1.807, 2.05) is 6.92 Å². The smallest absolute Gasteiger partial charge is 0.239 e. The Bertz CT molecular complexity index is 169. The van der Waals surface area contributed by atoms with Crippen molar-refractivity contribution in [3.63, 3.8) is 0 Å². The average Bonchev–Trinajstić information content (AvgIpc) is 2.25. The number of amides is 1. The first-order valence-corrected chi connectivity index (χ1v) is 5.01. The van der Waals surface area contributed by atoms with Gasteiger partial charge in [-0.3, -0.25) is 4.79 Å². The predicted octanol–water partition coefficient (Wildman–Crippen LogP) is -0.872. The molecule has 0 aromatic rings. The second kappa shape index (κ2) is 6.75. The molecule has 5 heteroatoms. The van der Waals surface area contributed by atoms with Crippen LogP contribution in [0.1, 0.15) is 6.92 Å². The fourth-order valence-corrected chi connectivity index (χ4v) is 1.25. The van der Waals surface area contributed by atoms with Gasteiger partial charge >= 0.3 is 0 Å². The van der Waals surface area contributed by atoms with Gasteiger partial charge in [-0.25, -0.2) is 0 Å². The van der Waals surface area contributed by atoms with E-state index < -0.39 is 0 Å². The lowest BCUT2D eigenvalue weighted by molar-refractivity contribution is -0.126. The zero-order valence-corrected chi connectivity index (χ0v) is 8.54. The van der Waals surface area contributed by atoms with Crippen molar-refractivity contribution < 1.29 is 14.3 Å². The molecular weight excluding hydrogens is 184 g/mol. The third kappa shape index (κ3) is 4.04. The van der Waals surface area contributed by atoms with Gasteiger partial charge in [0, 0.05) is 19.7 Å². The van der Waals surface area contributed by atoms with Crippen molar-refractivity contribution in [3.05, 3.63) is 0 Å². The van der Waals surface area contributed by atoms with E-state index >= 15 is 0 Å². The lowest BCUT2D eigenvalue weighted by Gasteiger charge is -2.22. The molecule has 1 heterocycles. The van der Waals surface area contributed by atoms with Crippen molar-refractivity contribution in [1.82, 2.24) is 10.6 Å². The van der Waals surface area contributed by atoms with Crippen LogP contribution in [0.5, 0.6) is 0 Å². The van der Waals surface area contributed by atoms with Crippen molar-refractivity contribution >= 4 is 5.91 Å². The maximum absolute atomic E-state index is 11.5. The first-order valence-electron chi connectivity index (χ1n) is 5.01. The van der Waals surface area contributed by atoms with E-state index in [0.717, 1.165) is 6.54 Å². The summed E-state index contributed by atoms with van der Waals surface area (Å²) in [4.78, 5) is 11.5. The molecule has 1 amide bonds. The number of hydrogen-bond acceptors (Lipinski definition) is 4. The summed E-state index contributed by atoms with van der Waals surface area (Å²) in [5.41, 5.74) is 0. The lowest BCUT2D eigenvalue weighted by atomic mass is 10.2. The fraction of sp³-hybridized carbons (Fsp3) is 0.889. The van der Waals surface area contributed by atoms with Gasteiger partial charge in [0.2, 0.25) is 5.91 Å². The maximum Gasteiger partial charge on any atom is 0.239 e. The topological polar surface area (TPSA) is 59.6 Å². The molecule has 0 aromatic carbocycles. The summed E-state index contributed by atoms with van der Waals surface area (Å²) in [7, 11) is 0. The number of hydrogen-bond donors (Lipinski definition) is 2. The van der Waals surface area contributed by atoms with Crippen LogP contribution in [0.15, 0.2) is 0 Å². The molecule has 0 aliphatic carbocycles. The quantitative estimate of drug-likeness (QED) is 0.569. The van der Waals surface area contributed by atoms with Gasteiger partial charge in [-0.2, -0.15) is 0 Å². The third-order valence-corrected chi connectivity index (χ3v) is 1.99. The number of ether oxygens (including phenoxy) is 2. The van der Waals surface area contributed by atoms with Crippen LogP contribution in [-0.2, 0) is 14.3 Å². The van der Waals surface area contributed by atoms with Gasteiger partial charge in [0.25, 0.3) is 0 Å². The number of carbonyl (C=O) groups excluding carboxylic acids is 1. The second-order valence-electron chi connectivity index (χ2n) is 3.07. The highest BCUT2D eigenvalue weighted by Gasteiger charge is 2.20. The Kier molecular flexibility index (Phi) is 5.51. The van der Waals surface area contributed by atoms with Crippen molar-refractivity contribution in [3.8, 4) is 0 Å². The average molecular weight is 202 g/mol. The minimum absolute atomic E-state index is 0.00981. The SMILES string of the molecule is CCOCCNC(=O)C1COCCN1. The molecular formula is C9H18N2O3. The van der Waals surface area contributed by atoms with Crippen molar-refractivity contribution in [2.24, 2.45) is 0 Å². The Hall–Kier alpha value is -0.650.